The fourth-order valence-corrected chi connectivity index (χ4v) is 1.27. The zero-order chi connectivity index (χ0) is 10.5. The number of nitrogens with zero attached hydrogens (tertiary/aromatic N) is 3. The van der Waals surface area contributed by atoms with E-state index in [2.05, 4.69) is 29.9 Å². The van der Waals surface area contributed by atoms with Gasteiger partial charge in [0.2, 0.25) is 6.39 Å². The van der Waals surface area contributed by atoms with Crippen LogP contribution >= 0.6 is 0 Å². The Hall–Kier alpha value is -1.69. The van der Waals surface area contributed by atoms with Gasteiger partial charge >= 0.3 is 0 Å². The highest BCUT2D eigenvalue weighted by Crippen LogP contribution is 1.99. The van der Waals surface area contributed by atoms with Crippen LogP contribution in [0, 0.1) is 6.92 Å². The topological polar surface area (TPSA) is 79.6 Å². The van der Waals surface area contributed by atoms with Crippen LogP contribution < -0.4 is 5.32 Å². The van der Waals surface area contributed by atoms with E-state index in [1.165, 1.54) is 6.39 Å². The number of aromatic nitrogens is 4. The van der Waals surface area contributed by atoms with Crippen molar-refractivity contribution < 1.29 is 4.52 Å². The van der Waals surface area contributed by atoms with E-state index < -0.39 is 0 Å². The molecule has 80 valence electrons. The fraction of sp³-hybridized carbons (Fsp3) is 0.444. The molecule has 0 atom stereocenters. The molecule has 2 aromatic rings. The Morgan fingerprint density at radius 1 is 1.47 bits per heavy atom. The van der Waals surface area contributed by atoms with Gasteiger partial charge in [-0.05, 0) is 6.92 Å². The summed E-state index contributed by atoms with van der Waals surface area (Å²) in [6.45, 7) is 3.57. The van der Waals surface area contributed by atoms with Gasteiger partial charge in [-0.2, -0.15) is 4.98 Å². The molecule has 0 aliphatic heterocycles. The van der Waals surface area contributed by atoms with Gasteiger partial charge < -0.3 is 14.8 Å². The van der Waals surface area contributed by atoms with Gasteiger partial charge in [0.1, 0.15) is 0 Å². The minimum Gasteiger partial charge on any atom is -0.348 e. The first-order valence-corrected chi connectivity index (χ1v) is 4.81. The number of rotatable bonds is 5. The van der Waals surface area contributed by atoms with Crippen LogP contribution in [-0.2, 0) is 13.0 Å². The molecule has 0 spiro atoms. The van der Waals surface area contributed by atoms with Gasteiger partial charge in [0.25, 0.3) is 0 Å². The third kappa shape index (κ3) is 2.63. The molecule has 15 heavy (non-hydrogen) atoms. The van der Waals surface area contributed by atoms with E-state index >= 15 is 0 Å². The van der Waals surface area contributed by atoms with Gasteiger partial charge in [-0.15, -0.1) is 0 Å². The molecule has 0 unspecified atom stereocenters. The van der Waals surface area contributed by atoms with E-state index in [4.69, 9.17) is 0 Å². The lowest BCUT2D eigenvalue weighted by Gasteiger charge is -2.00. The van der Waals surface area contributed by atoms with Gasteiger partial charge in [-0.3, -0.25) is 0 Å². The first-order chi connectivity index (χ1) is 7.36. The summed E-state index contributed by atoms with van der Waals surface area (Å²) < 4.78 is 4.63. The quantitative estimate of drug-likeness (QED) is 0.695. The van der Waals surface area contributed by atoms with Crippen LogP contribution in [0.5, 0.6) is 0 Å². The van der Waals surface area contributed by atoms with Crippen molar-refractivity contribution >= 4 is 0 Å². The molecule has 0 saturated heterocycles. The normalized spacial score (nSPS) is 10.7. The predicted molar refractivity (Wildman–Crippen MR) is 53.0 cm³/mol. The molecule has 0 amide bonds. The maximum Gasteiger partial charge on any atom is 0.213 e. The molecule has 0 aromatic carbocycles. The van der Waals surface area contributed by atoms with Gasteiger partial charge in [-0.25, -0.2) is 4.98 Å². The summed E-state index contributed by atoms with van der Waals surface area (Å²) in [6.07, 6.45) is 3.80. The van der Waals surface area contributed by atoms with Crippen molar-refractivity contribution in [1.29, 1.82) is 0 Å². The van der Waals surface area contributed by atoms with Crippen molar-refractivity contribution in [3.05, 3.63) is 29.9 Å². The molecule has 6 heteroatoms. The number of aryl methyl sites for hydroxylation is 1. The Morgan fingerprint density at radius 2 is 2.40 bits per heavy atom. The number of H-pyrrole nitrogens is 1. The summed E-state index contributed by atoms with van der Waals surface area (Å²) in [5.41, 5.74) is 2.14. The van der Waals surface area contributed by atoms with Gasteiger partial charge in [-0.1, -0.05) is 5.16 Å². The van der Waals surface area contributed by atoms with Gasteiger partial charge in [0, 0.05) is 25.2 Å². The van der Waals surface area contributed by atoms with E-state index in [1.807, 2.05) is 6.92 Å². The Morgan fingerprint density at radius 3 is 3.07 bits per heavy atom. The molecule has 2 N–H and O–H groups in total. The summed E-state index contributed by atoms with van der Waals surface area (Å²) in [5, 5.41) is 6.98. The molecular weight excluding hydrogens is 194 g/mol. The highest BCUT2D eigenvalue weighted by Gasteiger charge is 2.01. The molecule has 0 bridgehead atoms. The second-order valence-corrected chi connectivity index (χ2v) is 3.25. The lowest BCUT2D eigenvalue weighted by molar-refractivity contribution is 0.409. The number of aromatic amines is 1. The van der Waals surface area contributed by atoms with Crippen LogP contribution in [0.1, 0.15) is 17.2 Å². The van der Waals surface area contributed by atoms with Crippen LogP contribution in [0.3, 0.4) is 0 Å². The SMILES string of the molecule is Cc1[nH]cnc1CNCCc1ncon1. The zero-order valence-corrected chi connectivity index (χ0v) is 8.53. The smallest absolute Gasteiger partial charge is 0.213 e. The van der Waals surface area contributed by atoms with Crippen molar-refractivity contribution in [1.82, 2.24) is 25.4 Å². The van der Waals surface area contributed by atoms with Crippen LogP contribution in [0.25, 0.3) is 0 Å². The number of imidazole rings is 1. The molecule has 2 rings (SSSR count). The lowest BCUT2D eigenvalue weighted by atomic mass is 10.3. The Labute approximate surface area is 87.1 Å². The summed E-state index contributed by atoms with van der Waals surface area (Å²) in [6, 6.07) is 0. The number of hydrogen-bond donors (Lipinski definition) is 2. The largest absolute Gasteiger partial charge is 0.348 e. The molecule has 0 aliphatic rings. The Kier molecular flexibility index (Phi) is 3.08. The Bertz CT molecular complexity index is 394. The van der Waals surface area contributed by atoms with Crippen molar-refractivity contribution in [2.75, 3.05) is 6.54 Å². The van der Waals surface area contributed by atoms with Crippen LogP contribution in [0.15, 0.2) is 17.2 Å². The van der Waals surface area contributed by atoms with Crippen molar-refractivity contribution in [2.24, 2.45) is 0 Å². The molecule has 0 aliphatic carbocycles. The first kappa shape index (κ1) is 9.85. The van der Waals surface area contributed by atoms with E-state index in [0.29, 0.717) is 0 Å². The standard InChI is InChI=1S/C9H13N5O/c1-7-8(12-5-11-7)4-10-3-2-9-13-6-15-14-9/h5-6,10H,2-4H2,1H3,(H,11,12). The summed E-state index contributed by atoms with van der Waals surface area (Å²) in [5.74, 6) is 0.723. The zero-order valence-electron chi connectivity index (χ0n) is 8.53. The second-order valence-electron chi connectivity index (χ2n) is 3.25. The predicted octanol–water partition coefficient (Wildman–Crippen LogP) is 0.433. The Balaban J connectivity index is 1.70. The molecule has 6 nitrogen and oxygen atoms in total. The minimum absolute atomic E-state index is 0.723. The minimum atomic E-state index is 0.723. The highest BCUT2D eigenvalue weighted by molar-refractivity contribution is 5.07. The average molecular weight is 207 g/mol. The van der Waals surface area contributed by atoms with Crippen molar-refractivity contribution in [3.8, 4) is 0 Å². The maximum absolute atomic E-state index is 4.63. The van der Waals surface area contributed by atoms with Crippen LogP contribution in [0.4, 0.5) is 0 Å². The van der Waals surface area contributed by atoms with Crippen molar-refractivity contribution in [3.63, 3.8) is 0 Å². The molecule has 2 aromatic heterocycles. The molecule has 0 radical (unpaired) electrons. The summed E-state index contributed by atoms with van der Waals surface area (Å²) >= 11 is 0. The first-order valence-electron chi connectivity index (χ1n) is 4.81. The van der Waals surface area contributed by atoms with E-state index in [-0.39, 0.29) is 0 Å². The van der Waals surface area contributed by atoms with E-state index in [0.717, 1.165) is 36.7 Å². The van der Waals surface area contributed by atoms with Crippen LogP contribution in [0.2, 0.25) is 0 Å². The van der Waals surface area contributed by atoms with Crippen molar-refractivity contribution in [2.45, 2.75) is 19.9 Å². The van der Waals surface area contributed by atoms with E-state index in [1.54, 1.807) is 6.33 Å². The summed E-state index contributed by atoms with van der Waals surface area (Å²) in [7, 11) is 0. The highest BCUT2D eigenvalue weighted by atomic mass is 16.5. The third-order valence-electron chi connectivity index (χ3n) is 2.16. The van der Waals surface area contributed by atoms with Gasteiger partial charge in [0.15, 0.2) is 5.82 Å². The monoisotopic (exact) mass is 207 g/mol. The second kappa shape index (κ2) is 4.70. The molecule has 0 fully saturated rings. The molecule has 0 saturated carbocycles. The van der Waals surface area contributed by atoms with Gasteiger partial charge in [0.05, 0.1) is 12.0 Å². The lowest BCUT2D eigenvalue weighted by Crippen LogP contribution is -2.17. The fourth-order valence-electron chi connectivity index (χ4n) is 1.27. The maximum atomic E-state index is 4.63. The molecule has 2 heterocycles. The number of hydrogen-bond acceptors (Lipinski definition) is 5. The third-order valence-corrected chi connectivity index (χ3v) is 2.16. The van der Waals surface area contributed by atoms with E-state index in [9.17, 15) is 0 Å². The molecular formula is C9H13N5O. The summed E-state index contributed by atoms with van der Waals surface area (Å²) in [4.78, 5) is 11.1. The number of nitrogens with one attached hydrogen (secondary N) is 2. The van der Waals surface area contributed by atoms with Crippen LogP contribution in [-0.4, -0.2) is 26.7 Å². The average Bonchev–Trinajstić information content (AvgIpc) is 2.85.